The summed E-state index contributed by atoms with van der Waals surface area (Å²) in [5, 5.41) is 8.49. The Morgan fingerprint density at radius 2 is 2.08 bits per heavy atom. The van der Waals surface area contributed by atoms with Crippen LogP contribution < -0.4 is 10.1 Å². The molecule has 3 aromatic rings. The van der Waals surface area contributed by atoms with E-state index in [9.17, 15) is 0 Å². The van der Waals surface area contributed by atoms with E-state index in [0.29, 0.717) is 0 Å². The van der Waals surface area contributed by atoms with Gasteiger partial charge in [-0.05, 0) is 42.7 Å². The van der Waals surface area contributed by atoms with E-state index in [4.69, 9.17) is 9.84 Å². The molecule has 25 heavy (non-hydrogen) atoms. The molecule has 1 aromatic heterocycles. The summed E-state index contributed by atoms with van der Waals surface area (Å²) >= 11 is 3.57. The zero-order chi connectivity index (χ0) is 17.4. The largest absolute Gasteiger partial charge is 0.496 e. The summed E-state index contributed by atoms with van der Waals surface area (Å²) in [6, 6.07) is 14.5. The molecule has 0 spiro atoms. The van der Waals surface area contributed by atoms with Crippen LogP contribution in [0.2, 0.25) is 0 Å². The van der Waals surface area contributed by atoms with Crippen LogP contribution in [-0.2, 0) is 12.8 Å². The third-order valence-corrected chi connectivity index (χ3v) is 5.16. The molecule has 0 amide bonds. The summed E-state index contributed by atoms with van der Waals surface area (Å²) in [4.78, 5) is 0. The monoisotopic (exact) mass is 397 g/mol. The van der Waals surface area contributed by atoms with Gasteiger partial charge in [-0.15, -0.1) is 0 Å². The van der Waals surface area contributed by atoms with E-state index in [2.05, 4.69) is 63.2 Å². The van der Waals surface area contributed by atoms with Crippen molar-refractivity contribution in [1.29, 1.82) is 0 Å². The van der Waals surface area contributed by atoms with Crippen LogP contribution in [0.15, 0.2) is 46.9 Å². The third kappa shape index (κ3) is 2.72. The minimum absolute atomic E-state index is 0.839. The van der Waals surface area contributed by atoms with E-state index < -0.39 is 0 Å². The fourth-order valence-electron chi connectivity index (χ4n) is 3.45. The van der Waals surface area contributed by atoms with E-state index in [1.165, 1.54) is 11.1 Å². The van der Waals surface area contributed by atoms with Gasteiger partial charge in [0.25, 0.3) is 0 Å². The first-order valence-corrected chi connectivity index (χ1v) is 9.30. The lowest BCUT2D eigenvalue weighted by atomic mass is 10.1. The molecule has 4 rings (SSSR count). The molecule has 0 bridgehead atoms. The summed E-state index contributed by atoms with van der Waals surface area (Å²) in [5.74, 6) is 1.93. The van der Waals surface area contributed by atoms with Crippen LogP contribution in [0.3, 0.4) is 0 Å². The first kappa shape index (κ1) is 16.2. The second-order valence-corrected chi connectivity index (χ2v) is 7.01. The minimum Gasteiger partial charge on any atom is -0.496 e. The van der Waals surface area contributed by atoms with E-state index in [1.54, 1.807) is 7.11 Å². The number of hydrogen-bond acceptors (Lipinski definition) is 3. The zero-order valence-electron chi connectivity index (χ0n) is 14.3. The number of ether oxygens (including phenoxy) is 1. The average molecular weight is 398 g/mol. The molecule has 1 aliphatic heterocycles. The van der Waals surface area contributed by atoms with E-state index >= 15 is 0 Å². The predicted molar refractivity (Wildman–Crippen MR) is 105 cm³/mol. The fourth-order valence-corrected chi connectivity index (χ4v) is 3.81. The van der Waals surface area contributed by atoms with Gasteiger partial charge in [-0.3, -0.25) is 0 Å². The highest BCUT2D eigenvalue weighted by Gasteiger charge is 2.26. The van der Waals surface area contributed by atoms with Gasteiger partial charge in [-0.2, -0.15) is 5.10 Å². The Morgan fingerprint density at radius 3 is 2.88 bits per heavy atom. The molecule has 2 aromatic carbocycles. The predicted octanol–water partition coefficient (Wildman–Crippen LogP) is 4.84. The standard InChI is InChI=1S/C20H20BrN3O/c1-3-13-6-4-5-7-17(13)24-20-15(10-11-22-20)19(23-24)16-12-14(21)8-9-18(16)25-2/h4-9,12,22H,3,10-11H2,1-2H3. The molecule has 1 aliphatic rings. The average Bonchev–Trinajstić information content (AvgIpc) is 3.24. The molecular formula is C20H20BrN3O. The Morgan fingerprint density at radius 1 is 1.24 bits per heavy atom. The zero-order valence-corrected chi connectivity index (χ0v) is 15.9. The van der Waals surface area contributed by atoms with E-state index in [1.807, 2.05) is 12.1 Å². The molecule has 0 saturated carbocycles. The summed E-state index contributed by atoms with van der Waals surface area (Å²) in [6.45, 7) is 3.11. The van der Waals surface area contributed by atoms with Crippen molar-refractivity contribution in [2.24, 2.45) is 0 Å². The van der Waals surface area contributed by atoms with Crippen LogP contribution in [0.25, 0.3) is 16.9 Å². The maximum Gasteiger partial charge on any atom is 0.133 e. The number of nitrogens with one attached hydrogen (secondary N) is 1. The molecule has 0 unspecified atom stereocenters. The SMILES string of the molecule is CCc1ccccc1-n1nc(-c2cc(Br)ccc2OC)c2c1NCC2. The first-order valence-electron chi connectivity index (χ1n) is 8.51. The number of anilines is 1. The normalized spacial score (nSPS) is 12.8. The molecule has 0 radical (unpaired) electrons. The van der Waals surface area contributed by atoms with Gasteiger partial charge in [0.2, 0.25) is 0 Å². The van der Waals surface area contributed by atoms with Gasteiger partial charge in [0.05, 0.1) is 12.8 Å². The maximum absolute atomic E-state index is 5.58. The number of fused-ring (bicyclic) bond motifs is 1. The van der Waals surface area contributed by atoms with Crippen molar-refractivity contribution in [3.8, 4) is 22.7 Å². The molecule has 0 atom stereocenters. The number of methoxy groups -OCH3 is 1. The quantitative estimate of drug-likeness (QED) is 0.684. The molecule has 128 valence electrons. The van der Waals surface area contributed by atoms with Gasteiger partial charge in [0.1, 0.15) is 17.3 Å². The van der Waals surface area contributed by atoms with Crippen molar-refractivity contribution >= 4 is 21.7 Å². The summed E-state index contributed by atoms with van der Waals surface area (Å²) in [6.07, 6.45) is 1.94. The van der Waals surface area contributed by atoms with Crippen molar-refractivity contribution in [2.75, 3.05) is 19.0 Å². The Hall–Kier alpha value is -2.27. The lowest BCUT2D eigenvalue weighted by Gasteiger charge is -2.11. The highest BCUT2D eigenvalue weighted by molar-refractivity contribution is 9.10. The molecule has 1 N–H and O–H groups in total. The van der Waals surface area contributed by atoms with E-state index in [-0.39, 0.29) is 0 Å². The van der Waals surface area contributed by atoms with Gasteiger partial charge in [0.15, 0.2) is 0 Å². The number of halogens is 1. The van der Waals surface area contributed by atoms with Crippen LogP contribution in [0.4, 0.5) is 5.82 Å². The molecule has 5 heteroatoms. The minimum atomic E-state index is 0.839. The van der Waals surface area contributed by atoms with Crippen LogP contribution in [-0.4, -0.2) is 23.4 Å². The highest BCUT2D eigenvalue weighted by atomic mass is 79.9. The number of aryl methyl sites for hydroxylation is 1. The number of para-hydroxylation sites is 1. The summed E-state index contributed by atoms with van der Waals surface area (Å²) in [7, 11) is 1.70. The van der Waals surface area contributed by atoms with Gasteiger partial charge in [0, 0.05) is 22.1 Å². The molecule has 0 saturated heterocycles. The van der Waals surface area contributed by atoms with Crippen LogP contribution >= 0.6 is 15.9 Å². The smallest absolute Gasteiger partial charge is 0.133 e. The van der Waals surface area contributed by atoms with Crippen LogP contribution in [0.5, 0.6) is 5.75 Å². The lowest BCUT2D eigenvalue weighted by Crippen LogP contribution is -2.06. The van der Waals surface area contributed by atoms with Crippen LogP contribution in [0.1, 0.15) is 18.1 Å². The van der Waals surface area contributed by atoms with Gasteiger partial charge >= 0.3 is 0 Å². The molecule has 0 fully saturated rings. The fraction of sp³-hybridized carbons (Fsp3) is 0.250. The number of nitrogens with zero attached hydrogens (tertiary/aromatic N) is 2. The molecule has 0 aliphatic carbocycles. The first-order chi connectivity index (χ1) is 12.2. The van der Waals surface area contributed by atoms with Crippen LogP contribution in [0, 0.1) is 0 Å². The van der Waals surface area contributed by atoms with Gasteiger partial charge in [-0.25, -0.2) is 4.68 Å². The van der Waals surface area contributed by atoms with Crippen molar-refractivity contribution in [2.45, 2.75) is 19.8 Å². The summed E-state index contributed by atoms with van der Waals surface area (Å²) in [5.41, 5.74) is 5.68. The highest BCUT2D eigenvalue weighted by Crippen LogP contribution is 2.40. The second kappa shape index (κ2) is 6.56. The molecular weight excluding hydrogens is 378 g/mol. The van der Waals surface area contributed by atoms with Gasteiger partial charge in [-0.1, -0.05) is 41.1 Å². The number of aromatic nitrogens is 2. The summed E-state index contributed by atoms with van der Waals surface area (Å²) < 4.78 is 8.66. The molecule has 2 heterocycles. The number of hydrogen-bond donors (Lipinski definition) is 1. The van der Waals surface area contributed by atoms with Gasteiger partial charge < -0.3 is 10.1 Å². The van der Waals surface area contributed by atoms with Crippen molar-refractivity contribution in [3.63, 3.8) is 0 Å². The topological polar surface area (TPSA) is 39.1 Å². The Bertz CT molecular complexity index is 933. The van der Waals surface area contributed by atoms with Crippen molar-refractivity contribution < 1.29 is 4.74 Å². The number of benzene rings is 2. The Labute approximate surface area is 156 Å². The molecule has 4 nitrogen and oxygen atoms in total. The lowest BCUT2D eigenvalue weighted by molar-refractivity contribution is 0.416. The third-order valence-electron chi connectivity index (χ3n) is 4.67. The Balaban J connectivity index is 1.94. The number of rotatable bonds is 4. The van der Waals surface area contributed by atoms with Crippen molar-refractivity contribution in [1.82, 2.24) is 9.78 Å². The second-order valence-electron chi connectivity index (χ2n) is 6.09. The van der Waals surface area contributed by atoms with E-state index in [0.717, 1.165) is 52.4 Å². The Kier molecular flexibility index (Phi) is 4.25. The van der Waals surface area contributed by atoms with Crippen molar-refractivity contribution in [3.05, 3.63) is 58.1 Å². The maximum atomic E-state index is 5.58.